The molecule has 1 unspecified atom stereocenters. The Kier molecular flexibility index (Phi) is 6.20. The minimum absolute atomic E-state index is 0.561. The highest BCUT2D eigenvalue weighted by atomic mass is 35.5. The van der Waals surface area contributed by atoms with Crippen molar-refractivity contribution in [3.63, 3.8) is 0 Å². The van der Waals surface area contributed by atoms with Crippen LogP contribution in [0.25, 0.3) is 0 Å². The Morgan fingerprint density at radius 3 is 2.88 bits per heavy atom. The Hall–Kier alpha value is -0.890. The predicted octanol–water partition coefficient (Wildman–Crippen LogP) is 2.07. The van der Waals surface area contributed by atoms with E-state index in [1.165, 1.54) is 0 Å². The fourth-order valence-corrected chi connectivity index (χ4v) is 2.22. The summed E-state index contributed by atoms with van der Waals surface area (Å²) in [6.45, 7) is 3.25. The maximum absolute atomic E-state index is 11.2. The number of halogens is 1. The molecule has 3 nitrogen and oxygen atoms in total. The maximum Gasteiger partial charge on any atom is 0.0992 e. The molecule has 17 heavy (non-hydrogen) atoms. The van der Waals surface area contributed by atoms with Gasteiger partial charge in [-0.3, -0.25) is 4.21 Å². The molecule has 0 amide bonds. The van der Waals surface area contributed by atoms with Crippen molar-refractivity contribution in [1.82, 2.24) is 5.32 Å². The van der Waals surface area contributed by atoms with E-state index in [9.17, 15) is 4.21 Å². The third kappa shape index (κ3) is 4.86. The molecule has 0 radical (unpaired) electrons. The molecule has 0 aliphatic carbocycles. The molecular weight excluding hydrogens is 256 g/mol. The van der Waals surface area contributed by atoms with Crippen molar-refractivity contribution in [1.29, 1.82) is 5.26 Å². The van der Waals surface area contributed by atoms with Gasteiger partial charge >= 0.3 is 0 Å². The Bertz CT molecular complexity index is 443. The second kappa shape index (κ2) is 7.44. The summed E-state index contributed by atoms with van der Waals surface area (Å²) in [5.41, 5.74) is 1.51. The van der Waals surface area contributed by atoms with E-state index in [1.54, 1.807) is 12.1 Å². The summed E-state index contributed by atoms with van der Waals surface area (Å²) in [5.74, 6) is 1.35. The van der Waals surface area contributed by atoms with Gasteiger partial charge in [0.05, 0.1) is 11.6 Å². The topological polar surface area (TPSA) is 52.9 Å². The summed E-state index contributed by atoms with van der Waals surface area (Å²) in [6.07, 6.45) is 0. The SMILES string of the molecule is CCS(=O)CCNCc1ccc(C#N)cc1Cl. The van der Waals surface area contributed by atoms with Crippen LogP contribution in [0.3, 0.4) is 0 Å². The molecule has 1 N–H and O–H groups in total. The zero-order valence-corrected chi connectivity index (χ0v) is 11.3. The molecule has 0 aromatic heterocycles. The summed E-state index contributed by atoms with van der Waals surface area (Å²) in [7, 11) is -0.734. The van der Waals surface area contributed by atoms with Gasteiger partial charge in [0.2, 0.25) is 0 Å². The quantitative estimate of drug-likeness (QED) is 0.805. The number of nitrogens with zero attached hydrogens (tertiary/aromatic N) is 1. The molecular formula is C12H15ClN2OS. The molecule has 0 spiro atoms. The van der Waals surface area contributed by atoms with E-state index < -0.39 is 10.8 Å². The molecule has 0 saturated heterocycles. The molecule has 0 bridgehead atoms. The lowest BCUT2D eigenvalue weighted by Crippen LogP contribution is -2.20. The maximum atomic E-state index is 11.2. The van der Waals surface area contributed by atoms with Gasteiger partial charge in [-0.05, 0) is 17.7 Å². The highest BCUT2D eigenvalue weighted by molar-refractivity contribution is 7.84. The summed E-state index contributed by atoms with van der Waals surface area (Å²) in [5, 5.41) is 12.5. The van der Waals surface area contributed by atoms with Crippen molar-refractivity contribution >= 4 is 22.4 Å². The molecule has 1 aromatic carbocycles. The number of nitrogens with one attached hydrogen (secondary N) is 1. The first-order valence-corrected chi connectivity index (χ1v) is 7.28. The predicted molar refractivity (Wildman–Crippen MR) is 71.4 cm³/mol. The van der Waals surface area contributed by atoms with Crippen LogP contribution in [-0.4, -0.2) is 22.3 Å². The van der Waals surface area contributed by atoms with Gasteiger partial charge in [0, 0.05) is 40.4 Å². The first-order valence-electron chi connectivity index (χ1n) is 5.41. The third-order valence-electron chi connectivity index (χ3n) is 2.33. The molecule has 0 aliphatic heterocycles. The monoisotopic (exact) mass is 270 g/mol. The average Bonchev–Trinajstić information content (AvgIpc) is 2.35. The molecule has 1 aromatic rings. The molecule has 0 saturated carbocycles. The van der Waals surface area contributed by atoms with Crippen LogP contribution < -0.4 is 5.32 Å². The fourth-order valence-electron chi connectivity index (χ4n) is 1.31. The lowest BCUT2D eigenvalue weighted by molar-refractivity contribution is 0.674. The Labute approximate surface area is 109 Å². The van der Waals surface area contributed by atoms with Crippen LogP contribution in [0, 0.1) is 11.3 Å². The molecule has 92 valence electrons. The van der Waals surface area contributed by atoms with Crippen LogP contribution in [0.4, 0.5) is 0 Å². The molecule has 0 heterocycles. The van der Waals surface area contributed by atoms with E-state index >= 15 is 0 Å². The summed E-state index contributed by atoms with van der Waals surface area (Å²) < 4.78 is 11.2. The normalized spacial score (nSPS) is 12.1. The highest BCUT2D eigenvalue weighted by Crippen LogP contribution is 2.17. The van der Waals surface area contributed by atoms with Crippen LogP contribution in [0.1, 0.15) is 18.1 Å². The fraction of sp³-hybridized carbons (Fsp3) is 0.417. The second-order valence-electron chi connectivity index (χ2n) is 3.53. The minimum atomic E-state index is -0.734. The lowest BCUT2D eigenvalue weighted by atomic mass is 10.1. The van der Waals surface area contributed by atoms with E-state index in [0.717, 1.165) is 5.56 Å². The van der Waals surface area contributed by atoms with Crippen molar-refractivity contribution in [3.05, 3.63) is 34.3 Å². The summed E-state index contributed by atoms with van der Waals surface area (Å²) in [4.78, 5) is 0. The van der Waals surface area contributed by atoms with Gasteiger partial charge in [-0.1, -0.05) is 24.6 Å². The smallest absolute Gasteiger partial charge is 0.0992 e. The average molecular weight is 271 g/mol. The van der Waals surface area contributed by atoms with Gasteiger partial charge in [0.15, 0.2) is 0 Å². The number of rotatable bonds is 6. The molecule has 1 rings (SSSR count). The third-order valence-corrected chi connectivity index (χ3v) is 3.98. The Balaban J connectivity index is 2.42. The van der Waals surface area contributed by atoms with Crippen LogP contribution >= 0.6 is 11.6 Å². The van der Waals surface area contributed by atoms with Crippen LogP contribution in [0.5, 0.6) is 0 Å². The Morgan fingerprint density at radius 2 is 2.29 bits per heavy atom. The van der Waals surface area contributed by atoms with Gasteiger partial charge < -0.3 is 5.32 Å². The van der Waals surface area contributed by atoms with Gasteiger partial charge in [-0.2, -0.15) is 5.26 Å². The van der Waals surface area contributed by atoms with Gasteiger partial charge in [-0.25, -0.2) is 0 Å². The van der Waals surface area contributed by atoms with Crippen molar-refractivity contribution in [2.24, 2.45) is 0 Å². The van der Waals surface area contributed by atoms with E-state index in [1.807, 2.05) is 19.1 Å². The van der Waals surface area contributed by atoms with Crippen molar-refractivity contribution in [2.75, 3.05) is 18.1 Å². The van der Waals surface area contributed by atoms with E-state index in [-0.39, 0.29) is 0 Å². The first kappa shape index (κ1) is 14.2. The largest absolute Gasteiger partial charge is 0.312 e. The van der Waals surface area contributed by atoms with Crippen LogP contribution in [0.15, 0.2) is 18.2 Å². The van der Waals surface area contributed by atoms with Crippen LogP contribution in [-0.2, 0) is 17.3 Å². The van der Waals surface area contributed by atoms with Crippen molar-refractivity contribution in [2.45, 2.75) is 13.5 Å². The number of benzene rings is 1. The minimum Gasteiger partial charge on any atom is -0.312 e. The molecule has 5 heteroatoms. The van der Waals surface area contributed by atoms with E-state index in [0.29, 0.717) is 35.2 Å². The molecule has 0 aliphatic rings. The van der Waals surface area contributed by atoms with Crippen molar-refractivity contribution in [3.8, 4) is 6.07 Å². The standard InChI is InChI=1S/C12H15ClN2OS/c1-2-17(16)6-5-15-9-11-4-3-10(8-14)7-12(11)13/h3-4,7,15H,2,5-6,9H2,1H3. The first-order chi connectivity index (χ1) is 8.17. The second-order valence-corrected chi connectivity index (χ2v) is 5.80. The molecule has 0 fully saturated rings. The zero-order valence-electron chi connectivity index (χ0n) is 9.70. The van der Waals surface area contributed by atoms with E-state index in [2.05, 4.69) is 5.32 Å². The lowest BCUT2D eigenvalue weighted by Gasteiger charge is -2.06. The highest BCUT2D eigenvalue weighted by Gasteiger charge is 2.02. The van der Waals surface area contributed by atoms with Gasteiger partial charge in [-0.15, -0.1) is 0 Å². The Morgan fingerprint density at radius 1 is 1.53 bits per heavy atom. The van der Waals surface area contributed by atoms with E-state index in [4.69, 9.17) is 16.9 Å². The van der Waals surface area contributed by atoms with Crippen molar-refractivity contribution < 1.29 is 4.21 Å². The molecule has 1 atom stereocenters. The summed E-state index contributed by atoms with van der Waals surface area (Å²) >= 11 is 6.03. The van der Waals surface area contributed by atoms with Crippen LogP contribution in [0.2, 0.25) is 5.02 Å². The zero-order chi connectivity index (χ0) is 12.7. The van der Waals surface area contributed by atoms with Gasteiger partial charge in [0.1, 0.15) is 0 Å². The number of hydrogen-bond donors (Lipinski definition) is 1. The number of nitriles is 1. The van der Waals surface area contributed by atoms with Gasteiger partial charge in [0.25, 0.3) is 0 Å². The number of hydrogen-bond acceptors (Lipinski definition) is 3. The summed E-state index contributed by atoms with van der Waals surface area (Å²) in [6, 6.07) is 7.28.